The minimum Gasteiger partial charge on any atom is -0.493 e. The van der Waals surface area contributed by atoms with E-state index in [1.165, 1.54) is 5.56 Å². The molecule has 0 saturated carbocycles. The molecule has 1 unspecified atom stereocenters. The first-order valence-electron chi connectivity index (χ1n) is 6.82. The molecular formula is C16H27NO2. The molecule has 1 aromatic carbocycles. The first-order valence-corrected chi connectivity index (χ1v) is 6.82. The lowest BCUT2D eigenvalue weighted by Gasteiger charge is -2.21. The molecule has 0 amide bonds. The number of nitrogens with one attached hydrogen (secondary N) is 1. The zero-order valence-electron chi connectivity index (χ0n) is 13.0. The van der Waals surface area contributed by atoms with Crippen LogP contribution < -0.4 is 14.8 Å². The second kappa shape index (κ2) is 6.80. The molecule has 0 saturated heterocycles. The van der Waals surface area contributed by atoms with Crippen LogP contribution in [0.2, 0.25) is 0 Å². The third-order valence-corrected chi connectivity index (χ3v) is 3.23. The first kappa shape index (κ1) is 15.8. The van der Waals surface area contributed by atoms with Crippen LogP contribution in [0.5, 0.6) is 11.5 Å². The van der Waals surface area contributed by atoms with Crippen molar-refractivity contribution in [3.05, 3.63) is 23.8 Å². The molecule has 0 aliphatic heterocycles. The summed E-state index contributed by atoms with van der Waals surface area (Å²) in [6, 6.07) is 6.38. The van der Waals surface area contributed by atoms with E-state index < -0.39 is 0 Å². The summed E-state index contributed by atoms with van der Waals surface area (Å²) in [5, 5.41) is 3.55. The van der Waals surface area contributed by atoms with Crippen molar-refractivity contribution in [1.29, 1.82) is 0 Å². The molecule has 0 aliphatic rings. The van der Waals surface area contributed by atoms with E-state index in [1.807, 2.05) is 12.1 Å². The summed E-state index contributed by atoms with van der Waals surface area (Å²) in [4.78, 5) is 0. The third-order valence-electron chi connectivity index (χ3n) is 3.23. The highest BCUT2D eigenvalue weighted by Gasteiger charge is 2.12. The van der Waals surface area contributed by atoms with Crippen LogP contribution in [-0.2, 0) is 0 Å². The van der Waals surface area contributed by atoms with E-state index in [1.54, 1.807) is 14.2 Å². The molecule has 0 radical (unpaired) electrons. The molecule has 1 rings (SSSR count). The Morgan fingerprint density at radius 3 is 2.26 bits per heavy atom. The summed E-state index contributed by atoms with van der Waals surface area (Å²) in [7, 11) is 3.32. The summed E-state index contributed by atoms with van der Waals surface area (Å²) in [6.45, 7) is 9.96. The van der Waals surface area contributed by atoms with E-state index in [9.17, 15) is 0 Å². The number of methoxy groups -OCH3 is 2. The molecule has 0 bridgehead atoms. The van der Waals surface area contributed by atoms with Gasteiger partial charge in [-0.25, -0.2) is 0 Å². The predicted octanol–water partition coefficient (Wildman–Crippen LogP) is 3.79. The number of benzene rings is 1. The van der Waals surface area contributed by atoms with Gasteiger partial charge in [-0.15, -0.1) is 0 Å². The lowest BCUT2D eigenvalue weighted by Crippen LogP contribution is -2.23. The Labute approximate surface area is 117 Å². The molecule has 0 spiro atoms. The highest BCUT2D eigenvalue weighted by atomic mass is 16.5. The summed E-state index contributed by atoms with van der Waals surface area (Å²) in [6.07, 6.45) is 1.16. The molecule has 1 N–H and O–H groups in total. The van der Waals surface area contributed by atoms with Gasteiger partial charge < -0.3 is 14.8 Å². The molecule has 19 heavy (non-hydrogen) atoms. The lowest BCUT2D eigenvalue weighted by molar-refractivity contribution is 0.351. The molecule has 1 aromatic rings. The lowest BCUT2D eigenvalue weighted by atomic mass is 9.92. The Bertz CT molecular complexity index is 396. The number of hydrogen-bond donors (Lipinski definition) is 1. The fraction of sp³-hybridized carbons (Fsp3) is 0.625. The van der Waals surface area contributed by atoms with Gasteiger partial charge in [0.05, 0.1) is 14.2 Å². The van der Waals surface area contributed by atoms with Crippen LogP contribution in [0.25, 0.3) is 0 Å². The number of ether oxygens (including phenoxy) is 2. The highest BCUT2D eigenvalue weighted by molar-refractivity contribution is 5.43. The summed E-state index contributed by atoms with van der Waals surface area (Å²) < 4.78 is 10.6. The Kier molecular flexibility index (Phi) is 5.67. The predicted molar refractivity (Wildman–Crippen MR) is 80.0 cm³/mol. The first-order chi connectivity index (χ1) is 8.87. The monoisotopic (exact) mass is 265 g/mol. The minimum atomic E-state index is 0.308. The largest absolute Gasteiger partial charge is 0.493 e. The van der Waals surface area contributed by atoms with Crippen LogP contribution in [0.3, 0.4) is 0 Å². The molecule has 108 valence electrons. The minimum absolute atomic E-state index is 0.308. The summed E-state index contributed by atoms with van der Waals surface area (Å²) in [5.41, 5.74) is 1.58. The molecule has 3 heteroatoms. The van der Waals surface area contributed by atoms with E-state index in [2.05, 4.69) is 39.1 Å². The van der Waals surface area contributed by atoms with Gasteiger partial charge in [-0.1, -0.05) is 26.8 Å². The van der Waals surface area contributed by atoms with Crippen molar-refractivity contribution in [2.75, 3.05) is 20.8 Å². The van der Waals surface area contributed by atoms with E-state index in [0.29, 0.717) is 11.5 Å². The molecule has 0 aromatic heterocycles. The van der Waals surface area contributed by atoms with Gasteiger partial charge in [0, 0.05) is 6.04 Å². The third kappa shape index (κ3) is 5.11. The highest BCUT2D eigenvalue weighted by Crippen LogP contribution is 2.30. The molecular weight excluding hydrogens is 238 g/mol. The second-order valence-electron chi connectivity index (χ2n) is 6.10. The zero-order chi connectivity index (χ0) is 14.5. The van der Waals surface area contributed by atoms with Crippen molar-refractivity contribution in [3.8, 4) is 11.5 Å². The molecule has 0 fully saturated rings. The van der Waals surface area contributed by atoms with E-state index in [0.717, 1.165) is 24.5 Å². The van der Waals surface area contributed by atoms with Crippen LogP contribution in [0.15, 0.2) is 18.2 Å². The van der Waals surface area contributed by atoms with Gasteiger partial charge in [-0.2, -0.15) is 0 Å². The van der Waals surface area contributed by atoms with Gasteiger partial charge in [0.2, 0.25) is 0 Å². The van der Waals surface area contributed by atoms with E-state index in [4.69, 9.17) is 9.47 Å². The SMILES string of the molecule is COc1ccc(C(C)NCCC(C)(C)C)cc1OC. The van der Waals surface area contributed by atoms with Gasteiger partial charge in [0.25, 0.3) is 0 Å². The maximum atomic E-state index is 5.33. The van der Waals surface area contributed by atoms with E-state index >= 15 is 0 Å². The van der Waals surface area contributed by atoms with Crippen molar-refractivity contribution in [2.24, 2.45) is 5.41 Å². The second-order valence-corrected chi connectivity index (χ2v) is 6.10. The molecule has 3 nitrogen and oxygen atoms in total. The fourth-order valence-corrected chi connectivity index (χ4v) is 1.90. The molecule has 0 heterocycles. The maximum absolute atomic E-state index is 5.33. The van der Waals surface area contributed by atoms with Gasteiger partial charge in [-0.05, 0) is 43.0 Å². The Hall–Kier alpha value is -1.22. The quantitative estimate of drug-likeness (QED) is 0.849. The average molecular weight is 265 g/mol. The van der Waals surface area contributed by atoms with Gasteiger partial charge in [0.15, 0.2) is 11.5 Å². The zero-order valence-corrected chi connectivity index (χ0v) is 13.0. The van der Waals surface area contributed by atoms with E-state index in [-0.39, 0.29) is 0 Å². The Balaban J connectivity index is 2.64. The van der Waals surface area contributed by atoms with Crippen LogP contribution in [0, 0.1) is 5.41 Å². The summed E-state index contributed by atoms with van der Waals surface area (Å²) in [5.74, 6) is 1.55. The van der Waals surface area contributed by atoms with Crippen LogP contribution in [0.4, 0.5) is 0 Å². The van der Waals surface area contributed by atoms with Gasteiger partial charge >= 0.3 is 0 Å². The number of rotatable bonds is 6. The van der Waals surface area contributed by atoms with Crippen molar-refractivity contribution in [1.82, 2.24) is 5.32 Å². The van der Waals surface area contributed by atoms with Crippen LogP contribution in [0.1, 0.15) is 45.7 Å². The summed E-state index contributed by atoms with van der Waals surface area (Å²) >= 11 is 0. The van der Waals surface area contributed by atoms with Crippen LogP contribution in [-0.4, -0.2) is 20.8 Å². The topological polar surface area (TPSA) is 30.5 Å². The molecule has 0 aliphatic carbocycles. The fourth-order valence-electron chi connectivity index (χ4n) is 1.90. The van der Waals surface area contributed by atoms with Crippen LogP contribution >= 0.6 is 0 Å². The van der Waals surface area contributed by atoms with Gasteiger partial charge in [0.1, 0.15) is 0 Å². The molecule has 1 atom stereocenters. The van der Waals surface area contributed by atoms with Gasteiger partial charge in [-0.3, -0.25) is 0 Å². The Morgan fingerprint density at radius 1 is 1.11 bits per heavy atom. The van der Waals surface area contributed by atoms with Crippen molar-refractivity contribution in [3.63, 3.8) is 0 Å². The van der Waals surface area contributed by atoms with Crippen molar-refractivity contribution < 1.29 is 9.47 Å². The standard InChI is InChI=1S/C16H27NO2/c1-12(17-10-9-16(2,3)4)13-7-8-14(18-5)15(11-13)19-6/h7-8,11-12,17H,9-10H2,1-6H3. The normalized spacial score (nSPS) is 13.2. The number of hydrogen-bond acceptors (Lipinski definition) is 3. The van der Waals surface area contributed by atoms with Crippen molar-refractivity contribution >= 4 is 0 Å². The van der Waals surface area contributed by atoms with Crippen molar-refractivity contribution in [2.45, 2.75) is 40.2 Å². The maximum Gasteiger partial charge on any atom is 0.161 e. The Morgan fingerprint density at radius 2 is 1.74 bits per heavy atom. The smallest absolute Gasteiger partial charge is 0.161 e. The average Bonchev–Trinajstić information content (AvgIpc) is 2.36.